The van der Waals surface area contributed by atoms with Gasteiger partial charge in [-0.15, -0.1) is 0 Å². The SMILES string of the molecule is COC(=O)N1CCN(Cc2ccn(Cc3cc(I)ccc3I)c(=O)c2O)CC1. The topological polar surface area (TPSA) is 75.0 Å². The Kier molecular flexibility index (Phi) is 7.20. The van der Waals surface area contributed by atoms with E-state index >= 15 is 0 Å². The van der Waals surface area contributed by atoms with Crippen molar-refractivity contribution in [1.82, 2.24) is 14.4 Å². The first-order valence-electron chi connectivity index (χ1n) is 8.79. The van der Waals surface area contributed by atoms with Gasteiger partial charge in [0.15, 0.2) is 5.75 Å². The van der Waals surface area contributed by atoms with E-state index in [-0.39, 0.29) is 17.4 Å². The molecule has 1 N–H and O–H groups in total. The molecule has 1 saturated heterocycles. The molecule has 2 aromatic rings. The third kappa shape index (κ3) is 4.98. The monoisotopic (exact) mass is 609 g/mol. The number of hydrogen-bond acceptors (Lipinski definition) is 5. The second-order valence-corrected chi connectivity index (χ2v) is 9.00. The molecule has 0 atom stereocenters. The maximum atomic E-state index is 12.6. The van der Waals surface area contributed by atoms with Gasteiger partial charge in [0.1, 0.15) is 0 Å². The predicted molar refractivity (Wildman–Crippen MR) is 123 cm³/mol. The van der Waals surface area contributed by atoms with E-state index in [0.717, 1.165) is 12.7 Å². The molecule has 9 heteroatoms. The molecule has 1 aromatic carbocycles. The summed E-state index contributed by atoms with van der Waals surface area (Å²) >= 11 is 4.50. The standard InChI is InChI=1S/C19H21I2N3O4/c1-28-19(27)23-8-6-22(7-9-23)11-13-4-5-24(18(26)17(13)25)12-14-10-15(20)2-3-16(14)21/h2-5,10,25H,6-9,11-12H2,1H3. The Morgan fingerprint density at radius 1 is 1.11 bits per heavy atom. The fourth-order valence-electron chi connectivity index (χ4n) is 3.16. The van der Waals surface area contributed by atoms with Gasteiger partial charge in [-0.05, 0) is 75.0 Å². The van der Waals surface area contributed by atoms with E-state index in [1.807, 2.05) is 18.2 Å². The minimum Gasteiger partial charge on any atom is -0.503 e. The zero-order valence-corrected chi connectivity index (χ0v) is 19.7. The lowest BCUT2D eigenvalue weighted by atomic mass is 10.2. The number of hydrogen-bond donors (Lipinski definition) is 1. The summed E-state index contributed by atoms with van der Waals surface area (Å²) in [6.45, 7) is 3.35. The number of carbonyl (C=O) groups excluding carboxylic acids is 1. The van der Waals surface area contributed by atoms with Gasteiger partial charge < -0.3 is 19.3 Å². The molecule has 7 nitrogen and oxygen atoms in total. The number of amides is 1. The maximum absolute atomic E-state index is 12.6. The zero-order chi connectivity index (χ0) is 20.3. The lowest BCUT2D eigenvalue weighted by Crippen LogP contribution is -2.48. The number of aromatic hydroxyl groups is 1. The molecule has 0 aliphatic carbocycles. The summed E-state index contributed by atoms with van der Waals surface area (Å²) in [6.07, 6.45) is 1.41. The van der Waals surface area contributed by atoms with Crippen molar-refractivity contribution in [1.29, 1.82) is 0 Å². The van der Waals surface area contributed by atoms with Gasteiger partial charge in [-0.1, -0.05) is 0 Å². The number of benzene rings is 1. The Balaban J connectivity index is 1.70. The highest BCUT2D eigenvalue weighted by molar-refractivity contribution is 14.1. The smallest absolute Gasteiger partial charge is 0.409 e. The number of carbonyl (C=O) groups is 1. The summed E-state index contributed by atoms with van der Waals surface area (Å²) < 4.78 is 8.45. The summed E-state index contributed by atoms with van der Waals surface area (Å²) in [5, 5.41) is 10.4. The van der Waals surface area contributed by atoms with E-state index in [1.54, 1.807) is 17.2 Å². The van der Waals surface area contributed by atoms with Gasteiger partial charge in [0.2, 0.25) is 0 Å². The summed E-state index contributed by atoms with van der Waals surface area (Å²) in [5.74, 6) is -0.210. The van der Waals surface area contributed by atoms with Crippen molar-refractivity contribution in [2.75, 3.05) is 33.3 Å². The average molecular weight is 609 g/mol. The molecule has 1 aliphatic rings. The first-order chi connectivity index (χ1) is 13.4. The molecular weight excluding hydrogens is 588 g/mol. The Morgan fingerprint density at radius 3 is 2.50 bits per heavy atom. The zero-order valence-electron chi connectivity index (χ0n) is 15.4. The first kappa shape index (κ1) is 21.4. The summed E-state index contributed by atoms with van der Waals surface area (Å²) in [4.78, 5) is 28.0. The second-order valence-electron chi connectivity index (χ2n) is 6.59. The highest BCUT2D eigenvalue weighted by Crippen LogP contribution is 2.19. The number of rotatable bonds is 4. The van der Waals surface area contributed by atoms with Crippen molar-refractivity contribution in [3.8, 4) is 5.75 Å². The van der Waals surface area contributed by atoms with E-state index in [4.69, 9.17) is 4.74 Å². The minimum atomic E-state index is -0.389. The van der Waals surface area contributed by atoms with Crippen molar-refractivity contribution >= 4 is 51.3 Å². The molecule has 0 spiro atoms. The molecule has 1 fully saturated rings. The number of ether oxygens (including phenoxy) is 1. The summed E-state index contributed by atoms with van der Waals surface area (Å²) in [6, 6.07) is 7.88. The van der Waals surface area contributed by atoms with Crippen LogP contribution in [0.5, 0.6) is 5.75 Å². The van der Waals surface area contributed by atoms with Crippen LogP contribution in [0.4, 0.5) is 4.79 Å². The third-order valence-corrected chi connectivity index (χ3v) is 6.49. The number of halogens is 2. The van der Waals surface area contributed by atoms with Gasteiger partial charge in [0.25, 0.3) is 5.56 Å². The van der Waals surface area contributed by atoms with Crippen LogP contribution in [0.25, 0.3) is 0 Å². The van der Waals surface area contributed by atoms with Crippen molar-refractivity contribution in [2.45, 2.75) is 13.1 Å². The Bertz CT molecular complexity index is 924. The Morgan fingerprint density at radius 2 is 1.82 bits per heavy atom. The molecule has 0 bridgehead atoms. The number of nitrogens with zero attached hydrogens (tertiary/aromatic N) is 3. The molecule has 1 aliphatic heterocycles. The third-order valence-electron chi connectivity index (χ3n) is 4.77. The highest BCUT2D eigenvalue weighted by atomic mass is 127. The van der Waals surface area contributed by atoms with Crippen molar-refractivity contribution in [3.63, 3.8) is 0 Å². The van der Waals surface area contributed by atoms with Crippen LogP contribution in [-0.2, 0) is 17.8 Å². The van der Waals surface area contributed by atoms with E-state index in [1.165, 1.54) is 11.7 Å². The first-order valence-corrected chi connectivity index (χ1v) is 10.9. The van der Waals surface area contributed by atoms with Crippen LogP contribution in [0, 0.1) is 7.14 Å². The molecular formula is C19H21I2N3O4. The number of pyridine rings is 1. The van der Waals surface area contributed by atoms with Gasteiger partial charge in [0, 0.05) is 51.6 Å². The lowest BCUT2D eigenvalue weighted by molar-refractivity contribution is 0.0885. The van der Waals surface area contributed by atoms with Crippen molar-refractivity contribution in [3.05, 3.63) is 59.1 Å². The quantitative estimate of drug-likeness (QED) is 0.541. The van der Waals surface area contributed by atoms with Gasteiger partial charge in [-0.2, -0.15) is 0 Å². The summed E-state index contributed by atoms with van der Waals surface area (Å²) in [7, 11) is 1.37. The van der Waals surface area contributed by atoms with Crippen LogP contribution in [0.1, 0.15) is 11.1 Å². The van der Waals surface area contributed by atoms with Crippen LogP contribution >= 0.6 is 45.2 Å². The predicted octanol–water partition coefficient (Wildman–Crippen LogP) is 2.70. The molecule has 0 unspecified atom stereocenters. The number of aromatic nitrogens is 1. The van der Waals surface area contributed by atoms with Crippen LogP contribution in [0.15, 0.2) is 35.3 Å². The fourth-order valence-corrected chi connectivity index (χ4v) is 4.22. The minimum absolute atomic E-state index is 0.210. The molecule has 28 heavy (non-hydrogen) atoms. The largest absolute Gasteiger partial charge is 0.503 e. The maximum Gasteiger partial charge on any atom is 0.409 e. The normalized spacial score (nSPS) is 14.9. The van der Waals surface area contributed by atoms with E-state index < -0.39 is 0 Å². The molecule has 3 rings (SSSR count). The van der Waals surface area contributed by atoms with Gasteiger partial charge in [-0.25, -0.2) is 4.79 Å². The van der Waals surface area contributed by atoms with Gasteiger partial charge in [0.05, 0.1) is 13.7 Å². The lowest BCUT2D eigenvalue weighted by Gasteiger charge is -2.33. The van der Waals surface area contributed by atoms with Crippen molar-refractivity contribution in [2.24, 2.45) is 0 Å². The molecule has 1 aromatic heterocycles. The Labute approximate surface area is 190 Å². The van der Waals surface area contributed by atoms with Gasteiger partial charge in [-0.3, -0.25) is 9.69 Å². The van der Waals surface area contributed by atoms with Crippen LogP contribution < -0.4 is 5.56 Å². The van der Waals surface area contributed by atoms with Crippen LogP contribution in [0.3, 0.4) is 0 Å². The number of piperazine rings is 1. The molecule has 150 valence electrons. The molecule has 2 heterocycles. The van der Waals surface area contributed by atoms with Crippen LogP contribution in [-0.4, -0.2) is 58.9 Å². The van der Waals surface area contributed by atoms with Crippen molar-refractivity contribution < 1.29 is 14.6 Å². The fraction of sp³-hybridized carbons (Fsp3) is 0.368. The van der Waals surface area contributed by atoms with E-state index in [0.29, 0.717) is 44.8 Å². The highest BCUT2D eigenvalue weighted by Gasteiger charge is 2.22. The van der Waals surface area contributed by atoms with E-state index in [9.17, 15) is 14.7 Å². The summed E-state index contributed by atoms with van der Waals surface area (Å²) in [5.41, 5.74) is 1.26. The van der Waals surface area contributed by atoms with Crippen LogP contribution in [0.2, 0.25) is 0 Å². The molecule has 0 saturated carbocycles. The number of methoxy groups -OCH3 is 1. The molecule has 0 radical (unpaired) electrons. The van der Waals surface area contributed by atoms with E-state index in [2.05, 4.69) is 50.1 Å². The molecule has 1 amide bonds. The average Bonchev–Trinajstić information content (AvgIpc) is 2.70. The second kappa shape index (κ2) is 9.44. The Hall–Kier alpha value is -1.34. The van der Waals surface area contributed by atoms with Gasteiger partial charge >= 0.3 is 6.09 Å².